The Labute approximate surface area is 289 Å². The first-order chi connectivity index (χ1) is 21.9. The van der Waals surface area contributed by atoms with Crippen LogP contribution < -0.4 is 5.19 Å². The zero-order valence-electron chi connectivity index (χ0n) is 29.4. The standard InChI is InChI=1S/C21H20N.C20H26NSi.Ir/c1-15(2)17-9-11-18(12-10-17)20-13-21(22-14-16(20)3)19-7-5-4-6-8-19;1-22(2,3)20-15-21-19(17-11-5-4-6-12-17)14-18(20)13-16-9-7-8-10-16;/h4-7,9-15H,1-3H3;4-6,11,14-16H,7-10,13H2,1-3H3;/q2*-1;/i;13D2;. The van der Waals surface area contributed by atoms with E-state index in [4.69, 9.17) is 2.74 Å². The average Bonchev–Trinajstić information content (AvgIpc) is 3.62. The molecule has 0 spiro atoms. The van der Waals surface area contributed by atoms with Crippen LogP contribution in [0, 0.1) is 25.0 Å². The molecule has 3 aromatic carbocycles. The fourth-order valence-electron chi connectivity index (χ4n) is 5.74. The molecule has 6 rings (SSSR count). The smallest absolute Gasteiger partial charge is 0.0798 e. The Bertz CT molecular complexity index is 1730. The van der Waals surface area contributed by atoms with E-state index in [1.54, 1.807) is 0 Å². The maximum absolute atomic E-state index is 8.90. The van der Waals surface area contributed by atoms with Crippen LogP contribution in [0.15, 0.2) is 97.3 Å². The third-order valence-electron chi connectivity index (χ3n) is 8.39. The first kappa shape index (κ1) is 31.8. The van der Waals surface area contributed by atoms with E-state index in [0.29, 0.717) is 5.92 Å². The quantitative estimate of drug-likeness (QED) is 0.121. The Morgan fingerprint density at radius 2 is 1.40 bits per heavy atom. The predicted molar refractivity (Wildman–Crippen MR) is 190 cm³/mol. The second kappa shape index (κ2) is 15.9. The summed E-state index contributed by atoms with van der Waals surface area (Å²) in [5.74, 6) is 0.685. The van der Waals surface area contributed by atoms with Crippen molar-refractivity contribution in [2.45, 2.75) is 78.4 Å². The summed E-state index contributed by atoms with van der Waals surface area (Å²) in [6.07, 6.45) is 6.89. The Kier molecular flexibility index (Phi) is 11.2. The summed E-state index contributed by atoms with van der Waals surface area (Å²) < 4.78 is 17.8. The molecule has 0 amide bonds. The molecule has 0 bridgehead atoms. The number of nitrogens with zero attached hydrogens (tertiary/aromatic N) is 2. The Morgan fingerprint density at radius 1 is 0.822 bits per heavy atom. The van der Waals surface area contributed by atoms with Gasteiger partial charge in [-0.2, -0.15) is 0 Å². The summed E-state index contributed by atoms with van der Waals surface area (Å²) in [4.78, 5) is 9.20. The summed E-state index contributed by atoms with van der Waals surface area (Å²) >= 11 is 0. The molecule has 2 heterocycles. The van der Waals surface area contributed by atoms with E-state index in [9.17, 15) is 0 Å². The van der Waals surface area contributed by atoms with E-state index >= 15 is 0 Å². The van der Waals surface area contributed by atoms with E-state index in [0.717, 1.165) is 58.9 Å². The van der Waals surface area contributed by atoms with Gasteiger partial charge in [0, 0.05) is 35.2 Å². The molecule has 235 valence electrons. The largest absolute Gasteiger partial charge is 0.305 e. The van der Waals surface area contributed by atoms with Crippen molar-refractivity contribution in [2.24, 2.45) is 5.92 Å². The summed E-state index contributed by atoms with van der Waals surface area (Å²) in [5.41, 5.74) is 9.66. The summed E-state index contributed by atoms with van der Waals surface area (Å²) in [5, 5.41) is 1.15. The minimum atomic E-state index is -1.68. The number of benzene rings is 3. The molecule has 45 heavy (non-hydrogen) atoms. The number of hydrogen-bond acceptors (Lipinski definition) is 2. The number of hydrogen-bond donors (Lipinski definition) is 0. The van der Waals surface area contributed by atoms with Crippen molar-refractivity contribution >= 4 is 13.3 Å². The van der Waals surface area contributed by atoms with Crippen LogP contribution in [0.3, 0.4) is 0 Å². The molecule has 1 aliphatic rings. The fourth-order valence-corrected chi connectivity index (χ4v) is 7.15. The van der Waals surface area contributed by atoms with Crippen LogP contribution in [0.1, 0.15) is 64.9 Å². The second-order valence-corrected chi connectivity index (χ2v) is 18.2. The molecule has 1 aliphatic carbocycles. The normalized spacial score (nSPS) is 14.2. The molecule has 0 N–H and O–H groups in total. The van der Waals surface area contributed by atoms with Gasteiger partial charge < -0.3 is 9.97 Å². The molecule has 5 aromatic rings. The van der Waals surface area contributed by atoms with Gasteiger partial charge in [0.1, 0.15) is 0 Å². The van der Waals surface area contributed by atoms with E-state index in [1.165, 1.54) is 22.3 Å². The molecule has 1 radical (unpaired) electrons. The van der Waals surface area contributed by atoms with Crippen molar-refractivity contribution in [3.05, 3.63) is 126 Å². The van der Waals surface area contributed by atoms with Crippen molar-refractivity contribution in [3.8, 4) is 33.6 Å². The van der Waals surface area contributed by atoms with E-state index in [2.05, 4.69) is 92.8 Å². The van der Waals surface area contributed by atoms with Crippen LogP contribution in [0.25, 0.3) is 33.6 Å². The van der Waals surface area contributed by atoms with Gasteiger partial charge in [-0.05, 0) is 64.0 Å². The van der Waals surface area contributed by atoms with Crippen molar-refractivity contribution in [2.75, 3.05) is 0 Å². The molecule has 2 nitrogen and oxygen atoms in total. The fraction of sp³-hybridized carbons (Fsp3) is 0.317. The molecule has 4 heteroatoms. The van der Waals surface area contributed by atoms with Gasteiger partial charge in [-0.3, -0.25) is 0 Å². The maximum atomic E-state index is 8.90. The molecule has 0 saturated heterocycles. The zero-order chi connectivity index (χ0) is 32.9. The maximum Gasteiger partial charge on any atom is 0.0798 e. The van der Waals surface area contributed by atoms with Crippen molar-refractivity contribution in [1.82, 2.24) is 9.97 Å². The van der Waals surface area contributed by atoms with Crippen LogP contribution in [0.5, 0.6) is 0 Å². The summed E-state index contributed by atoms with van der Waals surface area (Å²) in [6.45, 7) is 13.4. The minimum Gasteiger partial charge on any atom is -0.305 e. The average molecular weight is 789 g/mol. The Morgan fingerprint density at radius 3 is 1.93 bits per heavy atom. The zero-order valence-corrected chi connectivity index (χ0v) is 30.8. The topological polar surface area (TPSA) is 25.8 Å². The van der Waals surface area contributed by atoms with Crippen LogP contribution in [0.4, 0.5) is 0 Å². The van der Waals surface area contributed by atoms with Crippen molar-refractivity contribution < 1.29 is 22.8 Å². The third-order valence-corrected chi connectivity index (χ3v) is 10.4. The molecule has 1 saturated carbocycles. The van der Waals surface area contributed by atoms with Crippen molar-refractivity contribution in [1.29, 1.82) is 0 Å². The number of rotatable bonds is 7. The molecule has 2 aromatic heterocycles. The molecular weight excluding hydrogens is 741 g/mol. The second-order valence-electron chi connectivity index (χ2n) is 13.2. The summed E-state index contributed by atoms with van der Waals surface area (Å²) in [6, 6.07) is 35.2. The van der Waals surface area contributed by atoms with Crippen LogP contribution >= 0.6 is 0 Å². The third kappa shape index (κ3) is 9.19. The van der Waals surface area contributed by atoms with E-state index < -0.39 is 14.4 Å². The first-order valence-electron chi connectivity index (χ1n) is 17.0. The Hall–Kier alpha value is -3.17. The van der Waals surface area contributed by atoms with Gasteiger partial charge in [0.15, 0.2) is 0 Å². The minimum absolute atomic E-state index is 0. The molecule has 0 aliphatic heterocycles. The molecular formula is C41H46IrN2Si-2. The van der Waals surface area contributed by atoms with Crippen LogP contribution in [-0.2, 0) is 26.5 Å². The Balaban J connectivity index is 0.000000209. The van der Waals surface area contributed by atoms with Crippen molar-refractivity contribution in [3.63, 3.8) is 0 Å². The number of aryl methyl sites for hydroxylation is 1. The molecule has 1 fully saturated rings. The van der Waals surface area contributed by atoms with Gasteiger partial charge in [0.25, 0.3) is 0 Å². The van der Waals surface area contributed by atoms with Crippen LogP contribution in [0.2, 0.25) is 19.6 Å². The predicted octanol–water partition coefficient (Wildman–Crippen LogP) is 10.5. The van der Waals surface area contributed by atoms with Gasteiger partial charge in [0.05, 0.1) is 8.07 Å². The van der Waals surface area contributed by atoms with Gasteiger partial charge in [-0.15, -0.1) is 71.8 Å². The van der Waals surface area contributed by atoms with Crippen LogP contribution in [-0.4, -0.2) is 18.0 Å². The SMILES string of the molecule is Cc1cnc(-c2[c-]cccc2)cc1-c1ccc(C(C)C)cc1.[2H]C([2H])(c1cc(-c2[c-]cccc2)ncc1[Si](C)(C)C)C1CCCC1.[Ir]. The van der Waals surface area contributed by atoms with E-state index in [1.807, 2.05) is 67.0 Å². The van der Waals surface area contributed by atoms with Gasteiger partial charge >= 0.3 is 0 Å². The summed E-state index contributed by atoms with van der Waals surface area (Å²) in [7, 11) is -1.68. The van der Waals surface area contributed by atoms with Gasteiger partial charge in [-0.1, -0.05) is 101 Å². The van der Waals surface area contributed by atoms with E-state index in [-0.39, 0.29) is 26.0 Å². The monoisotopic (exact) mass is 789 g/mol. The first-order valence-corrected chi connectivity index (χ1v) is 19.5. The molecule has 0 atom stereocenters. The molecule has 0 unspecified atom stereocenters. The van der Waals surface area contributed by atoms with Gasteiger partial charge in [0.2, 0.25) is 0 Å². The number of aromatic nitrogens is 2. The van der Waals surface area contributed by atoms with Gasteiger partial charge in [-0.25, -0.2) is 0 Å². The number of pyridine rings is 2.